The van der Waals surface area contributed by atoms with Gasteiger partial charge in [0.2, 0.25) is 0 Å². The minimum absolute atomic E-state index is 0.110. The van der Waals surface area contributed by atoms with Gasteiger partial charge in [0.25, 0.3) is 0 Å². The molecule has 1 fully saturated rings. The lowest BCUT2D eigenvalue weighted by molar-refractivity contribution is 0.226. The number of sulfone groups is 1. The topological polar surface area (TPSA) is 92.4 Å². The Morgan fingerprint density at radius 3 is 2.71 bits per heavy atom. The summed E-state index contributed by atoms with van der Waals surface area (Å²) in [5.41, 5.74) is 5.28. The van der Waals surface area contributed by atoms with Crippen LogP contribution in [0.1, 0.15) is 32.6 Å². The Bertz CT molecular complexity index is 332. The molecule has 0 bridgehead atoms. The largest absolute Gasteiger partial charge is 0.396 e. The number of rotatable bonds is 6. The second kappa shape index (κ2) is 6.13. The highest BCUT2D eigenvalue weighted by molar-refractivity contribution is 7.91. The van der Waals surface area contributed by atoms with Crippen molar-refractivity contribution in [3.8, 4) is 0 Å². The van der Waals surface area contributed by atoms with Crippen molar-refractivity contribution in [3.63, 3.8) is 0 Å². The Labute approximate surface area is 104 Å². The van der Waals surface area contributed by atoms with Gasteiger partial charge in [0, 0.05) is 24.7 Å². The molecule has 1 aliphatic rings. The zero-order chi connectivity index (χ0) is 12.9. The minimum Gasteiger partial charge on any atom is -0.396 e. The SMILES string of the molecule is CCC(CCO)NC1(CN)CCCS(=O)(=O)C1. The number of hydrogen-bond donors (Lipinski definition) is 3. The number of nitrogens with two attached hydrogens (primary N) is 1. The number of nitrogens with one attached hydrogen (secondary N) is 1. The fraction of sp³-hybridized carbons (Fsp3) is 1.00. The van der Waals surface area contributed by atoms with Crippen LogP contribution in [0.5, 0.6) is 0 Å². The highest BCUT2D eigenvalue weighted by Crippen LogP contribution is 2.23. The van der Waals surface area contributed by atoms with E-state index < -0.39 is 15.4 Å². The maximum atomic E-state index is 11.7. The Hall–Kier alpha value is -0.170. The summed E-state index contributed by atoms with van der Waals surface area (Å²) >= 11 is 0. The van der Waals surface area contributed by atoms with Crippen molar-refractivity contribution in [3.05, 3.63) is 0 Å². The molecule has 5 nitrogen and oxygen atoms in total. The molecular formula is C11H24N2O3S. The van der Waals surface area contributed by atoms with Crippen LogP contribution in [-0.4, -0.2) is 49.8 Å². The summed E-state index contributed by atoms with van der Waals surface area (Å²) < 4.78 is 23.4. The van der Waals surface area contributed by atoms with Gasteiger partial charge >= 0.3 is 0 Å². The molecule has 0 spiro atoms. The van der Waals surface area contributed by atoms with Crippen LogP contribution in [0.25, 0.3) is 0 Å². The van der Waals surface area contributed by atoms with Crippen molar-refractivity contribution in [2.24, 2.45) is 5.73 Å². The lowest BCUT2D eigenvalue weighted by atomic mass is 9.93. The molecule has 1 saturated heterocycles. The van der Waals surface area contributed by atoms with E-state index in [0.29, 0.717) is 19.4 Å². The molecule has 2 unspecified atom stereocenters. The molecule has 1 aliphatic heterocycles. The van der Waals surface area contributed by atoms with Crippen LogP contribution in [0.3, 0.4) is 0 Å². The summed E-state index contributed by atoms with van der Waals surface area (Å²) in [5, 5.41) is 12.3. The van der Waals surface area contributed by atoms with Gasteiger partial charge < -0.3 is 16.2 Å². The van der Waals surface area contributed by atoms with Gasteiger partial charge in [-0.05, 0) is 25.7 Å². The lowest BCUT2D eigenvalue weighted by Crippen LogP contribution is -2.61. The van der Waals surface area contributed by atoms with E-state index in [9.17, 15) is 8.42 Å². The van der Waals surface area contributed by atoms with Crippen LogP contribution in [-0.2, 0) is 9.84 Å². The molecule has 1 rings (SSSR count). The summed E-state index contributed by atoms with van der Waals surface area (Å²) in [7, 11) is -2.98. The van der Waals surface area contributed by atoms with Gasteiger partial charge in [-0.2, -0.15) is 0 Å². The first kappa shape index (κ1) is 14.9. The molecule has 0 saturated carbocycles. The minimum atomic E-state index is -2.98. The third-order valence-electron chi connectivity index (χ3n) is 3.48. The van der Waals surface area contributed by atoms with Crippen LogP contribution in [0.4, 0.5) is 0 Å². The first-order valence-electron chi connectivity index (χ1n) is 6.26. The second-order valence-electron chi connectivity index (χ2n) is 4.94. The molecule has 17 heavy (non-hydrogen) atoms. The Morgan fingerprint density at radius 2 is 2.24 bits per heavy atom. The molecule has 102 valence electrons. The zero-order valence-electron chi connectivity index (χ0n) is 10.5. The molecule has 0 aromatic heterocycles. The molecule has 0 amide bonds. The number of hydrogen-bond acceptors (Lipinski definition) is 5. The van der Waals surface area contributed by atoms with Crippen molar-refractivity contribution < 1.29 is 13.5 Å². The summed E-state index contributed by atoms with van der Waals surface area (Å²) in [6, 6.07) is 0.136. The van der Waals surface area contributed by atoms with E-state index in [2.05, 4.69) is 5.32 Å². The standard InChI is InChI=1S/C11H24N2O3S/c1-2-10(4-6-14)13-11(8-12)5-3-7-17(15,16)9-11/h10,13-14H,2-9,12H2,1H3. The highest BCUT2D eigenvalue weighted by atomic mass is 32.2. The predicted octanol–water partition coefficient (Wildman–Crippen LogP) is -0.357. The average molecular weight is 264 g/mol. The Kier molecular flexibility index (Phi) is 5.37. The molecule has 0 radical (unpaired) electrons. The van der Waals surface area contributed by atoms with E-state index in [1.54, 1.807) is 0 Å². The first-order valence-corrected chi connectivity index (χ1v) is 8.08. The van der Waals surface area contributed by atoms with E-state index in [-0.39, 0.29) is 24.2 Å². The van der Waals surface area contributed by atoms with Crippen LogP contribution in [0, 0.1) is 0 Å². The van der Waals surface area contributed by atoms with Gasteiger partial charge in [-0.25, -0.2) is 8.42 Å². The van der Waals surface area contributed by atoms with Crippen molar-refractivity contribution in [1.82, 2.24) is 5.32 Å². The zero-order valence-corrected chi connectivity index (χ0v) is 11.3. The molecule has 4 N–H and O–H groups in total. The molecule has 1 heterocycles. The van der Waals surface area contributed by atoms with Crippen LogP contribution < -0.4 is 11.1 Å². The maximum absolute atomic E-state index is 11.7. The Morgan fingerprint density at radius 1 is 1.53 bits per heavy atom. The van der Waals surface area contributed by atoms with Crippen molar-refractivity contribution in [2.45, 2.75) is 44.2 Å². The van der Waals surface area contributed by atoms with Crippen molar-refractivity contribution >= 4 is 9.84 Å². The fourth-order valence-corrected chi connectivity index (χ4v) is 4.41. The van der Waals surface area contributed by atoms with E-state index in [1.165, 1.54) is 0 Å². The molecule has 0 aromatic rings. The van der Waals surface area contributed by atoms with Gasteiger partial charge in [0.05, 0.1) is 11.5 Å². The summed E-state index contributed by atoms with van der Waals surface area (Å²) in [5.74, 6) is 0.394. The smallest absolute Gasteiger partial charge is 0.152 e. The first-order chi connectivity index (χ1) is 7.97. The normalized spacial score (nSPS) is 30.1. The van der Waals surface area contributed by atoms with Gasteiger partial charge in [0.15, 0.2) is 9.84 Å². The quantitative estimate of drug-likeness (QED) is 0.609. The number of aliphatic hydroxyl groups is 1. The highest BCUT2D eigenvalue weighted by Gasteiger charge is 2.38. The van der Waals surface area contributed by atoms with Gasteiger partial charge in [-0.3, -0.25) is 0 Å². The molecule has 0 aromatic carbocycles. The summed E-state index contributed by atoms with van der Waals surface area (Å²) in [6.45, 7) is 2.46. The third kappa shape index (κ3) is 4.21. The monoisotopic (exact) mass is 264 g/mol. The van der Waals surface area contributed by atoms with E-state index in [1.807, 2.05) is 6.92 Å². The Balaban J connectivity index is 2.74. The van der Waals surface area contributed by atoms with E-state index >= 15 is 0 Å². The lowest BCUT2D eigenvalue weighted by Gasteiger charge is -2.39. The summed E-state index contributed by atoms with van der Waals surface area (Å²) in [6.07, 6.45) is 2.97. The van der Waals surface area contributed by atoms with Crippen LogP contribution in [0.15, 0.2) is 0 Å². The average Bonchev–Trinajstić information content (AvgIpc) is 2.27. The van der Waals surface area contributed by atoms with Crippen molar-refractivity contribution in [2.75, 3.05) is 24.7 Å². The fourth-order valence-electron chi connectivity index (χ4n) is 2.50. The van der Waals surface area contributed by atoms with E-state index in [4.69, 9.17) is 10.8 Å². The van der Waals surface area contributed by atoms with E-state index in [0.717, 1.165) is 12.8 Å². The third-order valence-corrected chi connectivity index (χ3v) is 5.38. The van der Waals surface area contributed by atoms with Crippen LogP contribution >= 0.6 is 0 Å². The molecule has 2 atom stereocenters. The molecule has 0 aliphatic carbocycles. The molecule has 6 heteroatoms. The predicted molar refractivity (Wildman–Crippen MR) is 68.6 cm³/mol. The maximum Gasteiger partial charge on any atom is 0.152 e. The second-order valence-corrected chi connectivity index (χ2v) is 7.13. The van der Waals surface area contributed by atoms with Gasteiger partial charge in [-0.15, -0.1) is 0 Å². The van der Waals surface area contributed by atoms with Gasteiger partial charge in [-0.1, -0.05) is 6.92 Å². The molecular weight excluding hydrogens is 240 g/mol. The van der Waals surface area contributed by atoms with Crippen molar-refractivity contribution in [1.29, 1.82) is 0 Å². The number of aliphatic hydroxyl groups excluding tert-OH is 1. The summed E-state index contributed by atoms with van der Waals surface area (Å²) in [4.78, 5) is 0. The van der Waals surface area contributed by atoms with Crippen LogP contribution in [0.2, 0.25) is 0 Å². The van der Waals surface area contributed by atoms with Gasteiger partial charge in [0.1, 0.15) is 0 Å².